The molecule has 5 heteroatoms. The smallest absolute Gasteiger partial charge is 0.160 e. The predicted octanol–water partition coefficient (Wildman–Crippen LogP) is 2.94. The van der Waals surface area contributed by atoms with Crippen molar-refractivity contribution in [2.45, 2.75) is 6.61 Å². The summed E-state index contributed by atoms with van der Waals surface area (Å²) in [5, 5.41) is 9.99. The molecule has 0 fully saturated rings. The quantitative estimate of drug-likeness (QED) is 0.897. The van der Waals surface area contributed by atoms with E-state index in [1.807, 2.05) is 0 Å². The maximum Gasteiger partial charge on any atom is 0.160 e. The zero-order valence-corrected chi connectivity index (χ0v) is 9.70. The van der Waals surface area contributed by atoms with Gasteiger partial charge < -0.3 is 5.11 Å². The van der Waals surface area contributed by atoms with Crippen molar-refractivity contribution in [3.8, 4) is 11.4 Å². The molecule has 1 aromatic carbocycles. The summed E-state index contributed by atoms with van der Waals surface area (Å²) in [7, 11) is 0. The fourth-order valence-corrected chi connectivity index (χ4v) is 1.62. The predicted molar refractivity (Wildman–Crippen MR) is 63.4 cm³/mol. The van der Waals surface area contributed by atoms with Gasteiger partial charge in [0.25, 0.3) is 0 Å². The van der Waals surface area contributed by atoms with Gasteiger partial charge in [0.1, 0.15) is 0 Å². The van der Waals surface area contributed by atoms with Gasteiger partial charge in [-0.2, -0.15) is 0 Å². The maximum absolute atomic E-state index is 8.87. The summed E-state index contributed by atoms with van der Waals surface area (Å²) < 4.78 is 0. The molecule has 0 atom stereocenters. The Labute approximate surface area is 103 Å². The zero-order chi connectivity index (χ0) is 11.5. The molecule has 82 valence electrons. The minimum absolute atomic E-state index is 0.0798. The molecule has 0 saturated heterocycles. The highest BCUT2D eigenvalue weighted by Crippen LogP contribution is 2.27. The molecule has 0 radical (unpaired) electrons. The van der Waals surface area contributed by atoms with Crippen molar-refractivity contribution in [1.82, 2.24) is 9.97 Å². The Bertz CT molecular complexity index is 500. The highest BCUT2D eigenvalue weighted by molar-refractivity contribution is 6.35. The first kappa shape index (κ1) is 11.3. The van der Waals surface area contributed by atoms with Gasteiger partial charge in [-0.25, -0.2) is 9.97 Å². The van der Waals surface area contributed by atoms with Crippen molar-refractivity contribution in [3.05, 3.63) is 46.2 Å². The third kappa shape index (κ3) is 2.32. The lowest BCUT2D eigenvalue weighted by Gasteiger charge is -2.03. The van der Waals surface area contributed by atoms with E-state index >= 15 is 0 Å². The number of nitrogens with zero attached hydrogens (tertiary/aromatic N) is 2. The van der Waals surface area contributed by atoms with Gasteiger partial charge in [0.05, 0.1) is 11.6 Å². The molecule has 0 amide bonds. The van der Waals surface area contributed by atoms with E-state index in [4.69, 9.17) is 28.3 Å². The molecule has 2 rings (SSSR count). The summed E-state index contributed by atoms with van der Waals surface area (Å²) in [6, 6.07) is 5.11. The van der Waals surface area contributed by atoms with Gasteiger partial charge >= 0.3 is 0 Å². The summed E-state index contributed by atoms with van der Waals surface area (Å²) in [6.45, 7) is -0.0798. The molecular formula is C11H8Cl2N2O. The minimum atomic E-state index is -0.0798. The molecule has 1 heterocycles. The first-order chi connectivity index (χ1) is 7.70. The highest BCUT2D eigenvalue weighted by Gasteiger charge is 2.07. The lowest BCUT2D eigenvalue weighted by atomic mass is 10.2. The van der Waals surface area contributed by atoms with Crippen LogP contribution in [0.5, 0.6) is 0 Å². The van der Waals surface area contributed by atoms with Gasteiger partial charge in [-0.05, 0) is 18.2 Å². The van der Waals surface area contributed by atoms with E-state index in [0.29, 0.717) is 27.0 Å². The van der Waals surface area contributed by atoms with E-state index < -0.39 is 0 Å². The lowest BCUT2D eigenvalue weighted by Crippen LogP contribution is -1.92. The second-order valence-corrected chi connectivity index (χ2v) is 4.04. The standard InChI is InChI=1S/C11H8Cl2N2O/c12-8-1-2-10(13)9(3-8)11-14-4-7(6-16)5-15-11/h1-5,16H,6H2. The van der Waals surface area contributed by atoms with Crippen LogP contribution in [0.15, 0.2) is 30.6 Å². The molecular weight excluding hydrogens is 247 g/mol. The number of benzene rings is 1. The molecule has 0 unspecified atom stereocenters. The molecule has 0 aliphatic carbocycles. The number of rotatable bonds is 2. The van der Waals surface area contributed by atoms with Crippen molar-refractivity contribution in [2.75, 3.05) is 0 Å². The number of hydrogen-bond donors (Lipinski definition) is 1. The van der Waals surface area contributed by atoms with Gasteiger partial charge in [0, 0.05) is 28.5 Å². The van der Waals surface area contributed by atoms with Crippen LogP contribution in [0.3, 0.4) is 0 Å². The Morgan fingerprint density at radius 2 is 1.81 bits per heavy atom. The third-order valence-electron chi connectivity index (χ3n) is 2.06. The number of aliphatic hydroxyl groups is 1. The van der Waals surface area contributed by atoms with Crippen LogP contribution < -0.4 is 0 Å². The SMILES string of the molecule is OCc1cnc(-c2cc(Cl)ccc2Cl)nc1. The van der Waals surface area contributed by atoms with Crippen LogP contribution >= 0.6 is 23.2 Å². The molecule has 3 nitrogen and oxygen atoms in total. The Hall–Kier alpha value is -1.16. The minimum Gasteiger partial charge on any atom is -0.392 e. The van der Waals surface area contributed by atoms with Crippen molar-refractivity contribution in [1.29, 1.82) is 0 Å². The monoisotopic (exact) mass is 254 g/mol. The lowest BCUT2D eigenvalue weighted by molar-refractivity contribution is 0.281. The van der Waals surface area contributed by atoms with Crippen LogP contribution in [-0.4, -0.2) is 15.1 Å². The van der Waals surface area contributed by atoms with Crippen LogP contribution in [0.25, 0.3) is 11.4 Å². The molecule has 1 aromatic heterocycles. The molecule has 0 saturated carbocycles. The van der Waals surface area contributed by atoms with Gasteiger partial charge in [-0.15, -0.1) is 0 Å². The van der Waals surface area contributed by atoms with E-state index in [2.05, 4.69) is 9.97 Å². The first-order valence-corrected chi connectivity index (χ1v) is 5.33. The van der Waals surface area contributed by atoms with Crippen molar-refractivity contribution in [2.24, 2.45) is 0 Å². The molecule has 0 aliphatic heterocycles. The van der Waals surface area contributed by atoms with Crippen molar-refractivity contribution in [3.63, 3.8) is 0 Å². The molecule has 0 spiro atoms. The molecule has 16 heavy (non-hydrogen) atoms. The molecule has 0 bridgehead atoms. The van der Waals surface area contributed by atoms with Gasteiger partial charge in [0.2, 0.25) is 0 Å². The van der Waals surface area contributed by atoms with Gasteiger partial charge in [-0.1, -0.05) is 23.2 Å². The average molecular weight is 255 g/mol. The zero-order valence-electron chi connectivity index (χ0n) is 8.19. The van der Waals surface area contributed by atoms with Crippen LogP contribution in [0, 0.1) is 0 Å². The van der Waals surface area contributed by atoms with Crippen LogP contribution in [-0.2, 0) is 6.61 Å². The van der Waals surface area contributed by atoms with Crippen LogP contribution in [0.2, 0.25) is 10.0 Å². The Morgan fingerprint density at radius 3 is 2.44 bits per heavy atom. The molecule has 2 aromatic rings. The van der Waals surface area contributed by atoms with Crippen LogP contribution in [0.4, 0.5) is 0 Å². The maximum atomic E-state index is 8.87. The van der Waals surface area contributed by atoms with E-state index in [0.717, 1.165) is 0 Å². The summed E-state index contributed by atoms with van der Waals surface area (Å²) >= 11 is 11.9. The van der Waals surface area contributed by atoms with Gasteiger partial charge in [-0.3, -0.25) is 0 Å². The molecule has 0 aliphatic rings. The fraction of sp³-hybridized carbons (Fsp3) is 0.0909. The van der Waals surface area contributed by atoms with Crippen molar-refractivity contribution >= 4 is 23.2 Å². The average Bonchev–Trinajstić information content (AvgIpc) is 2.32. The van der Waals surface area contributed by atoms with Crippen LogP contribution in [0.1, 0.15) is 5.56 Å². The Morgan fingerprint density at radius 1 is 1.12 bits per heavy atom. The van der Waals surface area contributed by atoms with Gasteiger partial charge in [0.15, 0.2) is 5.82 Å². The second-order valence-electron chi connectivity index (χ2n) is 3.20. The first-order valence-electron chi connectivity index (χ1n) is 4.58. The largest absolute Gasteiger partial charge is 0.392 e. The van der Waals surface area contributed by atoms with E-state index in [-0.39, 0.29) is 6.61 Å². The Balaban J connectivity index is 2.45. The highest BCUT2D eigenvalue weighted by atomic mass is 35.5. The summed E-state index contributed by atoms with van der Waals surface area (Å²) in [4.78, 5) is 8.22. The molecule has 1 N–H and O–H groups in total. The summed E-state index contributed by atoms with van der Waals surface area (Å²) in [5.41, 5.74) is 1.33. The Kier molecular flexibility index (Phi) is 3.39. The second kappa shape index (κ2) is 4.78. The summed E-state index contributed by atoms with van der Waals surface area (Å²) in [5.74, 6) is 0.490. The third-order valence-corrected chi connectivity index (χ3v) is 2.62. The van der Waals surface area contributed by atoms with Crippen molar-refractivity contribution < 1.29 is 5.11 Å². The normalized spacial score (nSPS) is 10.4. The fourth-order valence-electron chi connectivity index (χ4n) is 1.24. The summed E-state index contributed by atoms with van der Waals surface area (Å²) in [6.07, 6.45) is 3.11. The van der Waals surface area contributed by atoms with E-state index in [9.17, 15) is 0 Å². The number of aromatic nitrogens is 2. The van der Waals surface area contributed by atoms with E-state index in [1.165, 1.54) is 0 Å². The number of aliphatic hydroxyl groups excluding tert-OH is 1. The van der Waals surface area contributed by atoms with E-state index in [1.54, 1.807) is 30.6 Å². The topological polar surface area (TPSA) is 46.0 Å². The number of halogens is 2. The number of hydrogen-bond acceptors (Lipinski definition) is 3.